The van der Waals surface area contributed by atoms with Crippen molar-refractivity contribution in [2.24, 2.45) is 0 Å². The van der Waals surface area contributed by atoms with Crippen LogP contribution in [0.15, 0.2) is 24.3 Å². The molecule has 1 aliphatic rings. The monoisotopic (exact) mass is 235 g/mol. The Balaban J connectivity index is 2.28. The predicted octanol–water partition coefficient (Wildman–Crippen LogP) is 3.98. The summed E-state index contributed by atoms with van der Waals surface area (Å²) in [6.45, 7) is 3.30. The second-order valence-electron chi connectivity index (χ2n) is 5.08. The first-order valence-corrected chi connectivity index (χ1v) is 6.78. The molecule has 1 saturated heterocycles. The Hall–Kier alpha value is -0.890. The van der Waals surface area contributed by atoms with Gasteiger partial charge in [0.15, 0.2) is 0 Å². The molecule has 17 heavy (non-hydrogen) atoms. The number of hydrogen-bond donors (Lipinski definition) is 1. The maximum atomic E-state index is 13.0. The lowest BCUT2D eigenvalue weighted by Crippen LogP contribution is -2.41. The Morgan fingerprint density at radius 2 is 1.94 bits per heavy atom. The third kappa shape index (κ3) is 2.86. The Labute approximate surface area is 103 Å². The summed E-state index contributed by atoms with van der Waals surface area (Å²) in [6.07, 6.45) is 7.30. The van der Waals surface area contributed by atoms with Gasteiger partial charge in [0.1, 0.15) is 5.82 Å². The molecule has 0 aromatic heterocycles. The summed E-state index contributed by atoms with van der Waals surface area (Å²) in [5.41, 5.74) is 1.33. The SMILES string of the molecule is CCCC1(c2ccc(F)cc2)CCCCCN1. The van der Waals surface area contributed by atoms with Gasteiger partial charge in [-0.2, -0.15) is 0 Å². The third-order valence-electron chi connectivity index (χ3n) is 3.82. The fourth-order valence-corrected chi connectivity index (χ4v) is 2.94. The number of nitrogens with one attached hydrogen (secondary N) is 1. The van der Waals surface area contributed by atoms with Crippen LogP contribution >= 0.6 is 0 Å². The molecule has 0 bridgehead atoms. The van der Waals surface area contributed by atoms with Crippen molar-refractivity contribution in [3.63, 3.8) is 0 Å². The first-order chi connectivity index (χ1) is 8.27. The van der Waals surface area contributed by atoms with Crippen LogP contribution in [0.25, 0.3) is 0 Å². The maximum absolute atomic E-state index is 13.0. The van der Waals surface area contributed by atoms with Crippen LogP contribution in [0.2, 0.25) is 0 Å². The standard InChI is InChI=1S/C15H22FN/c1-2-10-15(11-4-3-5-12-17-15)13-6-8-14(16)9-7-13/h6-9,17H,2-5,10-12H2,1H3. The van der Waals surface area contributed by atoms with E-state index in [1.807, 2.05) is 12.1 Å². The summed E-state index contributed by atoms with van der Waals surface area (Å²) in [6, 6.07) is 7.06. The number of benzene rings is 1. The van der Waals surface area contributed by atoms with Gasteiger partial charge in [-0.15, -0.1) is 0 Å². The minimum absolute atomic E-state index is 0.0823. The van der Waals surface area contributed by atoms with Gasteiger partial charge in [0.2, 0.25) is 0 Å². The summed E-state index contributed by atoms with van der Waals surface area (Å²) in [7, 11) is 0. The quantitative estimate of drug-likeness (QED) is 0.835. The minimum Gasteiger partial charge on any atom is -0.307 e. The van der Waals surface area contributed by atoms with E-state index in [0.717, 1.165) is 19.4 Å². The van der Waals surface area contributed by atoms with Crippen LogP contribution in [0.4, 0.5) is 4.39 Å². The topological polar surface area (TPSA) is 12.0 Å². The van der Waals surface area contributed by atoms with E-state index in [1.54, 1.807) is 12.1 Å². The van der Waals surface area contributed by atoms with E-state index < -0.39 is 0 Å². The smallest absolute Gasteiger partial charge is 0.123 e. The van der Waals surface area contributed by atoms with Crippen molar-refractivity contribution in [1.29, 1.82) is 0 Å². The molecule has 2 rings (SSSR count). The zero-order chi connectivity index (χ0) is 12.1. The van der Waals surface area contributed by atoms with Gasteiger partial charge in [0.25, 0.3) is 0 Å². The third-order valence-corrected chi connectivity index (χ3v) is 3.82. The molecule has 1 nitrogen and oxygen atoms in total. The highest BCUT2D eigenvalue weighted by atomic mass is 19.1. The van der Waals surface area contributed by atoms with E-state index in [9.17, 15) is 4.39 Å². The molecule has 1 aromatic carbocycles. The fraction of sp³-hybridized carbons (Fsp3) is 0.600. The van der Waals surface area contributed by atoms with Crippen LogP contribution in [0.5, 0.6) is 0 Å². The predicted molar refractivity (Wildman–Crippen MR) is 69.5 cm³/mol. The number of halogens is 1. The van der Waals surface area contributed by atoms with Crippen molar-refractivity contribution in [2.75, 3.05) is 6.54 Å². The Bertz CT molecular complexity index is 336. The molecule has 1 fully saturated rings. The van der Waals surface area contributed by atoms with Crippen LogP contribution < -0.4 is 5.32 Å². The average Bonchev–Trinajstić information content (AvgIpc) is 2.57. The summed E-state index contributed by atoms with van der Waals surface area (Å²) in [4.78, 5) is 0. The van der Waals surface area contributed by atoms with Crippen LogP contribution in [0.1, 0.15) is 51.0 Å². The van der Waals surface area contributed by atoms with E-state index in [2.05, 4.69) is 12.2 Å². The van der Waals surface area contributed by atoms with Gasteiger partial charge in [0, 0.05) is 5.54 Å². The van der Waals surface area contributed by atoms with E-state index in [1.165, 1.54) is 31.2 Å². The van der Waals surface area contributed by atoms with E-state index in [0.29, 0.717) is 0 Å². The van der Waals surface area contributed by atoms with Gasteiger partial charge in [-0.05, 0) is 43.5 Å². The van der Waals surface area contributed by atoms with E-state index in [-0.39, 0.29) is 11.4 Å². The molecule has 1 N–H and O–H groups in total. The maximum Gasteiger partial charge on any atom is 0.123 e. The first-order valence-electron chi connectivity index (χ1n) is 6.78. The molecule has 1 aliphatic heterocycles. The van der Waals surface area contributed by atoms with Gasteiger partial charge >= 0.3 is 0 Å². The Kier molecular flexibility index (Phi) is 4.16. The van der Waals surface area contributed by atoms with Crippen LogP contribution in [-0.2, 0) is 5.54 Å². The molecule has 94 valence electrons. The van der Waals surface area contributed by atoms with Crippen LogP contribution in [-0.4, -0.2) is 6.54 Å². The molecule has 2 heteroatoms. The van der Waals surface area contributed by atoms with Crippen LogP contribution in [0, 0.1) is 5.82 Å². The fourth-order valence-electron chi connectivity index (χ4n) is 2.94. The Morgan fingerprint density at radius 1 is 1.18 bits per heavy atom. The average molecular weight is 235 g/mol. The van der Waals surface area contributed by atoms with Gasteiger partial charge in [-0.3, -0.25) is 0 Å². The zero-order valence-corrected chi connectivity index (χ0v) is 10.6. The lowest BCUT2D eigenvalue weighted by molar-refractivity contribution is 0.297. The van der Waals surface area contributed by atoms with Gasteiger partial charge < -0.3 is 5.32 Å². The lowest BCUT2D eigenvalue weighted by Gasteiger charge is -2.34. The zero-order valence-electron chi connectivity index (χ0n) is 10.6. The number of hydrogen-bond acceptors (Lipinski definition) is 1. The Morgan fingerprint density at radius 3 is 2.65 bits per heavy atom. The van der Waals surface area contributed by atoms with Gasteiger partial charge in [0.05, 0.1) is 0 Å². The van der Waals surface area contributed by atoms with Crippen molar-refractivity contribution in [3.05, 3.63) is 35.6 Å². The summed E-state index contributed by atoms with van der Waals surface area (Å²) >= 11 is 0. The molecular weight excluding hydrogens is 213 g/mol. The minimum atomic E-state index is -0.144. The summed E-state index contributed by atoms with van der Waals surface area (Å²) < 4.78 is 13.0. The molecular formula is C15H22FN. The highest BCUT2D eigenvalue weighted by Crippen LogP contribution is 2.34. The highest BCUT2D eigenvalue weighted by molar-refractivity contribution is 5.25. The molecule has 0 saturated carbocycles. The number of rotatable bonds is 3. The second-order valence-corrected chi connectivity index (χ2v) is 5.08. The normalized spacial score (nSPS) is 25.5. The van der Waals surface area contributed by atoms with Crippen molar-refractivity contribution in [3.8, 4) is 0 Å². The van der Waals surface area contributed by atoms with Crippen molar-refractivity contribution < 1.29 is 4.39 Å². The van der Waals surface area contributed by atoms with Crippen molar-refractivity contribution in [1.82, 2.24) is 5.32 Å². The molecule has 0 radical (unpaired) electrons. The van der Waals surface area contributed by atoms with Crippen molar-refractivity contribution >= 4 is 0 Å². The largest absolute Gasteiger partial charge is 0.307 e. The van der Waals surface area contributed by atoms with E-state index in [4.69, 9.17) is 0 Å². The molecule has 0 amide bonds. The van der Waals surface area contributed by atoms with Gasteiger partial charge in [-0.1, -0.05) is 38.3 Å². The molecule has 1 aromatic rings. The van der Waals surface area contributed by atoms with Crippen molar-refractivity contribution in [2.45, 2.75) is 51.0 Å². The lowest BCUT2D eigenvalue weighted by atomic mass is 9.82. The summed E-state index contributed by atoms with van der Waals surface area (Å²) in [5.74, 6) is -0.144. The highest BCUT2D eigenvalue weighted by Gasteiger charge is 2.31. The molecule has 0 aliphatic carbocycles. The van der Waals surface area contributed by atoms with Gasteiger partial charge in [-0.25, -0.2) is 4.39 Å². The van der Waals surface area contributed by atoms with E-state index >= 15 is 0 Å². The molecule has 1 unspecified atom stereocenters. The first kappa shape index (κ1) is 12.6. The summed E-state index contributed by atoms with van der Waals surface area (Å²) in [5, 5.41) is 3.71. The van der Waals surface area contributed by atoms with Crippen LogP contribution in [0.3, 0.4) is 0 Å². The molecule has 0 spiro atoms. The molecule has 1 atom stereocenters. The molecule has 1 heterocycles. The second kappa shape index (κ2) is 5.63.